The molecule has 2 aromatic rings. The quantitative estimate of drug-likeness (QED) is 0.309. The fourth-order valence-electron chi connectivity index (χ4n) is 4.73. The first kappa shape index (κ1) is 27.0. The average molecular weight is 586 g/mol. The minimum absolute atomic E-state index is 0.0170. The zero-order chi connectivity index (χ0) is 27.9. The lowest BCUT2D eigenvalue weighted by Crippen LogP contribution is -2.39. The minimum Gasteiger partial charge on any atom is -0.462 e. The number of nitrogens with one attached hydrogen (secondary N) is 1. The number of thioether (sulfide) groups is 1. The smallest absolute Gasteiger partial charge is 0.338 e. The van der Waals surface area contributed by atoms with E-state index in [1.54, 1.807) is 43.3 Å². The van der Waals surface area contributed by atoms with Gasteiger partial charge in [0.15, 0.2) is 9.84 Å². The lowest BCUT2D eigenvalue weighted by Gasteiger charge is -2.21. The van der Waals surface area contributed by atoms with Gasteiger partial charge in [0, 0.05) is 11.3 Å². The molecular weight excluding hydrogens is 563 g/mol. The van der Waals surface area contributed by atoms with Crippen LogP contribution in [0.25, 0.3) is 5.57 Å². The van der Waals surface area contributed by atoms with E-state index in [1.165, 1.54) is 21.9 Å². The van der Waals surface area contributed by atoms with Gasteiger partial charge in [0.2, 0.25) is 5.91 Å². The van der Waals surface area contributed by atoms with E-state index in [0.717, 1.165) is 11.8 Å². The Bertz CT molecular complexity index is 1550. The van der Waals surface area contributed by atoms with Crippen molar-refractivity contribution in [2.75, 3.05) is 34.9 Å². The number of ether oxygens (including phenoxy) is 1. The predicted octanol–water partition coefficient (Wildman–Crippen LogP) is 2.61. The Labute approximate surface area is 234 Å². The first-order chi connectivity index (χ1) is 18.6. The highest BCUT2D eigenvalue weighted by Crippen LogP contribution is 2.45. The molecule has 0 radical (unpaired) electrons. The van der Waals surface area contributed by atoms with Gasteiger partial charge in [0.25, 0.3) is 11.8 Å². The molecule has 39 heavy (non-hydrogen) atoms. The predicted molar refractivity (Wildman–Crippen MR) is 151 cm³/mol. The fourth-order valence-corrected chi connectivity index (χ4v) is 7.90. The molecule has 0 spiro atoms. The van der Waals surface area contributed by atoms with E-state index in [9.17, 15) is 27.6 Å². The van der Waals surface area contributed by atoms with Gasteiger partial charge in [0.05, 0.1) is 45.9 Å². The Balaban J connectivity index is 1.37. The van der Waals surface area contributed by atoms with Gasteiger partial charge in [-0.15, -0.1) is 0 Å². The van der Waals surface area contributed by atoms with E-state index in [0.29, 0.717) is 22.5 Å². The molecule has 0 unspecified atom stereocenters. The van der Waals surface area contributed by atoms with Crippen LogP contribution in [0.4, 0.5) is 11.4 Å². The lowest BCUT2D eigenvalue weighted by atomic mass is 10.1. The summed E-state index contributed by atoms with van der Waals surface area (Å²) in [4.78, 5) is 54.5. The van der Waals surface area contributed by atoms with Crippen LogP contribution < -0.4 is 10.2 Å². The van der Waals surface area contributed by atoms with Gasteiger partial charge in [-0.3, -0.25) is 24.2 Å². The molecule has 5 rings (SSSR count). The van der Waals surface area contributed by atoms with Crippen molar-refractivity contribution >= 4 is 78.8 Å². The molecule has 1 N–H and O–H groups in total. The van der Waals surface area contributed by atoms with E-state index in [1.807, 2.05) is 0 Å². The van der Waals surface area contributed by atoms with E-state index >= 15 is 0 Å². The number of rotatable bonds is 6. The zero-order valence-electron chi connectivity index (χ0n) is 20.7. The minimum atomic E-state index is -3.25. The topological polar surface area (TPSA) is 130 Å². The molecule has 0 aliphatic carbocycles. The average Bonchev–Trinajstić information content (AvgIpc) is 3.49. The molecule has 1 atom stereocenters. The van der Waals surface area contributed by atoms with Crippen molar-refractivity contribution in [3.8, 4) is 0 Å². The van der Waals surface area contributed by atoms with E-state index in [4.69, 9.17) is 17.0 Å². The van der Waals surface area contributed by atoms with Gasteiger partial charge in [0.1, 0.15) is 10.9 Å². The molecule has 2 fully saturated rings. The molecular formula is C26H23N3O7S3. The number of nitrogens with zero attached hydrogens (tertiary/aromatic N) is 2. The van der Waals surface area contributed by atoms with Crippen LogP contribution in [-0.4, -0.2) is 72.0 Å². The monoisotopic (exact) mass is 585 g/mol. The molecule has 13 heteroatoms. The third-order valence-electron chi connectivity index (χ3n) is 6.50. The number of anilines is 2. The van der Waals surface area contributed by atoms with E-state index < -0.39 is 39.6 Å². The van der Waals surface area contributed by atoms with Crippen molar-refractivity contribution in [1.82, 2.24) is 4.90 Å². The second-order valence-corrected chi connectivity index (χ2v) is 12.9. The number of hydrogen-bond acceptors (Lipinski definition) is 9. The van der Waals surface area contributed by atoms with Crippen LogP contribution in [0.15, 0.2) is 53.4 Å². The van der Waals surface area contributed by atoms with Gasteiger partial charge >= 0.3 is 5.97 Å². The number of benzene rings is 2. The molecule has 3 heterocycles. The number of para-hydroxylation sites is 1. The fraction of sp³-hybridized carbons (Fsp3) is 0.269. The summed E-state index contributed by atoms with van der Waals surface area (Å²) < 4.78 is 29.2. The summed E-state index contributed by atoms with van der Waals surface area (Å²) in [5.74, 6) is -2.16. The van der Waals surface area contributed by atoms with Gasteiger partial charge < -0.3 is 10.1 Å². The zero-order valence-corrected chi connectivity index (χ0v) is 23.2. The van der Waals surface area contributed by atoms with Crippen LogP contribution in [0, 0.1) is 0 Å². The van der Waals surface area contributed by atoms with Crippen molar-refractivity contribution in [3.63, 3.8) is 0 Å². The van der Waals surface area contributed by atoms with Crippen molar-refractivity contribution in [3.05, 3.63) is 64.6 Å². The highest BCUT2D eigenvalue weighted by Gasteiger charge is 2.46. The number of thiocarbonyl (C=S) groups is 1. The number of sulfone groups is 1. The van der Waals surface area contributed by atoms with Crippen molar-refractivity contribution < 1.29 is 32.3 Å². The number of fused-ring (bicyclic) bond motifs is 1. The molecule has 2 saturated heterocycles. The Hall–Kier alpha value is -3.55. The highest BCUT2D eigenvalue weighted by atomic mass is 32.2. The highest BCUT2D eigenvalue weighted by molar-refractivity contribution is 8.26. The molecule has 202 valence electrons. The molecule has 3 aliphatic rings. The SMILES string of the molecule is CCOC(=O)c1ccc(NC(=O)CN2C(=O)/C(=C3\SC(=S)N([C@H]4CCS(=O)(=O)C4)C3=O)c3ccccc32)cc1. The van der Waals surface area contributed by atoms with Crippen LogP contribution in [0.5, 0.6) is 0 Å². The molecule has 3 aliphatic heterocycles. The largest absolute Gasteiger partial charge is 0.462 e. The first-order valence-corrected chi connectivity index (χ1v) is 15.1. The number of amides is 3. The van der Waals surface area contributed by atoms with E-state index in [-0.39, 0.29) is 45.9 Å². The molecule has 0 saturated carbocycles. The number of carbonyl (C=O) groups is 4. The Morgan fingerprint density at radius 3 is 2.49 bits per heavy atom. The molecule has 2 aromatic carbocycles. The molecule has 0 aromatic heterocycles. The normalized spacial score (nSPS) is 21.9. The standard InChI is InChI=1S/C26H23N3O7S3/c1-2-36-25(33)15-7-9-16(10-8-15)27-20(30)13-28-19-6-4-3-5-18(19)21(23(28)31)22-24(32)29(26(37)38-22)17-11-12-39(34,35)14-17/h3-10,17H,2,11-14H2,1H3,(H,27,30)/b22-21-/t17-/m0/s1. The number of esters is 1. The van der Waals surface area contributed by atoms with Crippen LogP contribution in [0.3, 0.4) is 0 Å². The van der Waals surface area contributed by atoms with Crippen molar-refractivity contribution in [2.24, 2.45) is 0 Å². The van der Waals surface area contributed by atoms with Crippen LogP contribution in [-0.2, 0) is 29.0 Å². The third kappa shape index (κ3) is 5.21. The summed E-state index contributed by atoms with van der Waals surface area (Å²) in [6, 6.07) is 12.4. The van der Waals surface area contributed by atoms with Crippen molar-refractivity contribution in [1.29, 1.82) is 0 Å². The molecule has 10 nitrogen and oxygen atoms in total. The lowest BCUT2D eigenvalue weighted by molar-refractivity contribution is -0.123. The maximum atomic E-state index is 13.6. The van der Waals surface area contributed by atoms with Crippen molar-refractivity contribution in [2.45, 2.75) is 19.4 Å². The maximum absolute atomic E-state index is 13.6. The second-order valence-electron chi connectivity index (χ2n) is 9.06. The Kier molecular flexibility index (Phi) is 7.31. The van der Waals surface area contributed by atoms with Crippen LogP contribution in [0.1, 0.15) is 29.3 Å². The van der Waals surface area contributed by atoms with Gasteiger partial charge in [-0.1, -0.05) is 42.2 Å². The summed E-state index contributed by atoms with van der Waals surface area (Å²) >= 11 is 6.38. The second kappa shape index (κ2) is 10.5. The van der Waals surface area contributed by atoms with E-state index in [2.05, 4.69) is 5.32 Å². The Morgan fingerprint density at radius 2 is 1.82 bits per heavy atom. The summed E-state index contributed by atoms with van der Waals surface area (Å²) in [5.41, 5.74) is 1.88. The number of carbonyl (C=O) groups excluding carboxylic acids is 4. The first-order valence-electron chi connectivity index (χ1n) is 12.1. The summed E-state index contributed by atoms with van der Waals surface area (Å²) in [5, 5.41) is 2.71. The summed E-state index contributed by atoms with van der Waals surface area (Å²) in [6.07, 6.45) is 0.287. The molecule has 0 bridgehead atoms. The Morgan fingerprint density at radius 1 is 1.10 bits per heavy atom. The maximum Gasteiger partial charge on any atom is 0.338 e. The van der Waals surface area contributed by atoms with Gasteiger partial charge in [-0.2, -0.15) is 0 Å². The molecule has 3 amide bonds. The van der Waals surface area contributed by atoms with Gasteiger partial charge in [-0.05, 0) is 43.7 Å². The summed E-state index contributed by atoms with van der Waals surface area (Å²) in [6.45, 7) is 1.64. The van der Waals surface area contributed by atoms with Crippen LogP contribution >= 0.6 is 24.0 Å². The van der Waals surface area contributed by atoms with Gasteiger partial charge in [-0.25, -0.2) is 13.2 Å². The summed E-state index contributed by atoms with van der Waals surface area (Å²) in [7, 11) is -3.25. The third-order valence-corrected chi connectivity index (χ3v) is 9.66. The van der Waals surface area contributed by atoms with Crippen LogP contribution in [0.2, 0.25) is 0 Å². The number of hydrogen-bond donors (Lipinski definition) is 1.